The summed E-state index contributed by atoms with van der Waals surface area (Å²) in [7, 11) is 3.53. The summed E-state index contributed by atoms with van der Waals surface area (Å²) in [6.07, 6.45) is 0.960. The highest BCUT2D eigenvalue weighted by atomic mass is 127. The lowest BCUT2D eigenvalue weighted by Crippen LogP contribution is -2.53. The molecule has 2 heterocycles. The van der Waals surface area contributed by atoms with Gasteiger partial charge in [-0.05, 0) is 42.5 Å². The van der Waals surface area contributed by atoms with Crippen LogP contribution in [0.5, 0.6) is 0 Å². The van der Waals surface area contributed by atoms with Gasteiger partial charge in [-0.1, -0.05) is 18.2 Å². The molecule has 1 amide bonds. The summed E-state index contributed by atoms with van der Waals surface area (Å²) in [5, 5.41) is 5.58. The van der Waals surface area contributed by atoms with Gasteiger partial charge in [-0.3, -0.25) is 4.79 Å². The van der Waals surface area contributed by atoms with Crippen LogP contribution in [0, 0.1) is 6.92 Å². The number of halogens is 1. The maximum Gasteiger partial charge on any atom is 0.243 e. The molecule has 0 aliphatic carbocycles. The standard InChI is InChI=1S/C22H31N5OS.HI/c1-18-6-4-7-19(16-18)26-11-13-27(14-12-26)22(24-17-21(28)25(2)3)23-10-9-20-8-5-15-29-20;/h4-8,15-16H,9-14,17H2,1-3H3,(H,23,24);1H. The number of guanidine groups is 1. The lowest BCUT2D eigenvalue weighted by atomic mass is 10.2. The smallest absolute Gasteiger partial charge is 0.243 e. The average molecular weight is 542 g/mol. The van der Waals surface area contributed by atoms with E-state index in [2.05, 4.69) is 68.8 Å². The zero-order valence-corrected chi connectivity index (χ0v) is 21.2. The average Bonchev–Trinajstić information content (AvgIpc) is 3.24. The summed E-state index contributed by atoms with van der Waals surface area (Å²) in [6.45, 7) is 6.76. The minimum atomic E-state index is 0. The highest BCUT2D eigenvalue weighted by molar-refractivity contribution is 14.0. The lowest BCUT2D eigenvalue weighted by molar-refractivity contribution is -0.127. The Labute approximate surface area is 201 Å². The second kappa shape index (κ2) is 12.1. The number of benzene rings is 1. The molecular formula is C22H32IN5OS. The molecule has 30 heavy (non-hydrogen) atoms. The van der Waals surface area contributed by atoms with Crippen molar-refractivity contribution in [2.24, 2.45) is 4.99 Å². The first-order chi connectivity index (χ1) is 14.0. The predicted octanol–water partition coefficient (Wildman–Crippen LogP) is 3.07. The number of likely N-dealkylation sites (N-methyl/N-ethyl adjacent to an activating group) is 1. The van der Waals surface area contributed by atoms with Crippen molar-refractivity contribution in [3.05, 3.63) is 52.2 Å². The third kappa shape index (κ3) is 7.16. The highest BCUT2D eigenvalue weighted by Gasteiger charge is 2.20. The van der Waals surface area contributed by atoms with E-state index in [1.54, 1.807) is 30.3 Å². The van der Waals surface area contributed by atoms with E-state index >= 15 is 0 Å². The Morgan fingerprint density at radius 1 is 1.17 bits per heavy atom. The minimum Gasteiger partial charge on any atom is -0.368 e. The molecular weight excluding hydrogens is 509 g/mol. The van der Waals surface area contributed by atoms with Crippen LogP contribution in [0.1, 0.15) is 10.4 Å². The van der Waals surface area contributed by atoms with E-state index in [4.69, 9.17) is 0 Å². The Morgan fingerprint density at radius 2 is 1.93 bits per heavy atom. The van der Waals surface area contributed by atoms with Crippen LogP contribution in [-0.2, 0) is 11.2 Å². The molecule has 1 N–H and O–H groups in total. The normalized spacial score (nSPS) is 14.3. The van der Waals surface area contributed by atoms with Crippen molar-refractivity contribution in [1.82, 2.24) is 15.1 Å². The van der Waals surface area contributed by atoms with E-state index in [1.807, 2.05) is 0 Å². The van der Waals surface area contributed by atoms with Gasteiger partial charge in [0.2, 0.25) is 5.91 Å². The molecule has 1 aliphatic heterocycles. The number of aryl methyl sites for hydroxylation is 1. The van der Waals surface area contributed by atoms with Crippen LogP contribution in [0.25, 0.3) is 0 Å². The summed E-state index contributed by atoms with van der Waals surface area (Å²) in [5.74, 6) is 0.849. The number of rotatable bonds is 6. The number of amides is 1. The minimum absolute atomic E-state index is 0. The molecule has 0 radical (unpaired) electrons. The summed E-state index contributed by atoms with van der Waals surface area (Å²) in [5.41, 5.74) is 2.56. The molecule has 164 valence electrons. The number of hydrogen-bond donors (Lipinski definition) is 1. The highest BCUT2D eigenvalue weighted by Crippen LogP contribution is 2.18. The quantitative estimate of drug-likeness (QED) is 0.347. The fraction of sp³-hybridized carbons (Fsp3) is 0.455. The van der Waals surface area contributed by atoms with E-state index in [0.717, 1.165) is 45.1 Å². The summed E-state index contributed by atoms with van der Waals surface area (Å²) < 4.78 is 0. The first-order valence-corrected chi connectivity index (χ1v) is 11.0. The van der Waals surface area contributed by atoms with Gasteiger partial charge in [0.15, 0.2) is 5.96 Å². The number of carbonyl (C=O) groups is 1. The Bertz CT molecular complexity index is 817. The maximum absolute atomic E-state index is 12.0. The Hall–Kier alpha value is -1.81. The number of thiophene rings is 1. The van der Waals surface area contributed by atoms with Crippen LogP contribution in [0.15, 0.2) is 46.8 Å². The van der Waals surface area contributed by atoms with Crippen LogP contribution in [0.4, 0.5) is 5.69 Å². The molecule has 3 rings (SSSR count). The third-order valence-electron chi connectivity index (χ3n) is 5.04. The second-order valence-electron chi connectivity index (χ2n) is 7.50. The van der Waals surface area contributed by atoms with Crippen molar-refractivity contribution in [1.29, 1.82) is 0 Å². The van der Waals surface area contributed by atoms with Gasteiger partial charge in [0.25, 0.3) is 0 Å². The van der Waals surface area contributed by atoms with Crippen molar-refractivity contribution in [2.75, 3.05) is 58.3 Å². The predicted molar refractivity (Wildman–Crippen MR) is 137 cm³/mol. The monoisotopic (exact) mass is 541 g/mol. The number of piperazine rings is 1. The van der Waals surface area contributed by atoms with Crippen molar-refractivity contribution in [3.8, 4) is 0 Å². The van der Waals surface area contributed by atoms with E-state index < -0.39 is 0 Å². The van der Waals surface area contributed by atoms with Gasteiger partial charge in [0, 0.05) is 57.4 Å². The van der Waals surface area contributed by atoms with Gasteiger partial charge in [-0.25, -0.2) is 4.99 Å². The first kappa shape index (κ1) is 24.5. The number of nitrogens with zero attached hydrogens (tertiary/aromatic N) is 4. The molecule has 2 aromatic rings. The van der Waals surface area contributed by atoms with Crippen molar-refractivity contribution in [3.63, 3.8) is 0 Å². The molecule has 0 saturated carbocycles. The van der Waals surface area contributed by atoms with Crippen LogP contribution in [-0.4, -0.2) is 75.0 Å². The Balaban J connectivity index is 0.00000320. The van der Waals surface area contributed by atoms with E-state index in [1.165, 1.54) is 16.1 Å². The summed E-state index contributed by atoms with van der Waals surface area (Å²) in [4.78, 5) is 24.3. The molecule has 1 aliphatic rings. The number of nitrogens with one attached hydrogen (secondary N) is 1. The van der Waals surface area contributed by atoms with Crippen LogP contribution < -0.4 is 10.2 Å². The molecule has 1 saturated heterocycles. The van der Waals surface area contributed by atoms with Crippen molar-refractivity contribution < 1.29 is 4.79 Å². The fourth-order valence-corrected chi connectivity index (χ4v) is 4.01. The van der Waals surface area contributed by atoms with Crippen LogP contribution >= 0.6 is 35.3 Å². The van der Waals surface area contributed by atoms with E-state index in [-0.39, 0.29) is 36.4 Å². The molecule has 0 unspecified atom stereocenters. The number of hydrogen-bond acceptors (Lipinski definition) is 4. The topological polar surface area (TPSA) is 51.2 Å². The third-order valence-corrected chi connectivity index (χ3v) is 5.98. The molecule has 0 atom stereocenters. The molecule has 1 aromatic heterocycles. The van der Waals surface area contributed by atoms with Gasteiger partial charge in [0.05, 0.1) is 0 Å². The molecule has 0 bridgehead atoms. The van der Waals surface area contributed by atoms with Gasteiger partial charge in [-0.15, -0.1) is 35.3 Å². The van der Waals surface area contributed by atoms with Gasteiger partial charge in [0.1, 0.15) is 6.54 Å². The molecule has 1 aromatic carbocycles. The van der Waals surface area contributed by atoms with Gasteiger partial charge < -0.3 is 20.0 Å². The lowest BCUT2D eigenvalue weighted by Gasteiger charge is -2.38. The largest absolute Gasteiger partial charge is 0.368 e. The van der Waals surface area contributed by atoms with Crippen molar-refractivity contribution in [2.45, 2.75) is 13.3 Å². The van der Waals surface area contributed by atoms with Gasteiger partial charge in [-0.2, -0.15) is 0 Å². The first-order valence-electron chi connectivity index (χ1n) is 10.1. The SMILES string of the molecule is Cc1cccc(N2CCN(C(=NCC(=O)N(C)C)NCCc3cccs3)CC2)c1.I. The van der Waals surface area contributed by atoms with Crippen molar-refractivity contribution >= 4 is 52.9 Å². The number of carbonyl (C=O) groups excluding carboxylic acids is 1. The summed E-state index contributed by atoms with van der Waals surface area (Å²) >= 11 is 1.77. The number of anilines is 1. The zero-order chi connectivity index (χ0) is 20.6. The van der Waals surface area contributed by atoms with E-state index in [9.17, 15) is 4.79 Å². The molecule has 1 fully saturated rings. The molecule has 8 heteroatoms. The van der Waals surface area contributed by atoms with Crippen LogP contribution in [0.2, 0.25) is 0 Å². The van der Waals surface area contributed by atoms with Gasteiger partial charge >= 0.3 is 0 Å². The van der Waals surface area contributed by atoms with E-state index in [0.29, 0.717) is 0 Å². The second-order valence-corrected chi connectivity index (χ2v) is 8.53. The summed E-state index contributed by atoms with van der Waals surface area (Å²) in [6, 6.07) is 12.9. The Morgan fingerprint density at radius 3 is 2.57 bits per heavy atom. The molecule has 0 spiro atoms. The molecule has 6 nitrogen and oxygen atoms in total. The number of aliphatic imine (C=N–C) groups is 1. The Kier molecular flexibility index (Phi) is 9.90. The van der Waals surface area contributed by atoms with Crippen LogP contribution in [0.3, 0.4) is 0 Å². The fourth-order valence-electron chi connectivity index (χ4n) is 3.31. The zero-order valence-electron chi connectivity index (χ0n) is 18.0. The maximum atomic E-state index is 12.0.